The van der Waals surface area contributed by atoms with Gasteiger partial charge in [-0.3, -0.25) is 0 Å². The van der Waals surface area contributed by atoms with Crippen molar-refractivity contribution in [3.05, 3.63) is 28.2 Å². The zero-order valence-corrected chi connectivity index (χ0v) is 12.4. The summed E-state index contributed by atoms with van der Waals surface area (Å²) in [6, 6.07) is 5.19. The number of halogens is 1. The largest absolute Gasteiger partial charge is 0.241 e. The van der Waals surface area contributed by atoms with Crippen LogP contribution in [0.4, 0.5) is 0 Å². The fourth-order valence-electron chi connectivity index (χ4n) is 1.18. The van der Waals surface area contributed by atoms with E-state index < -0.39 is 10.0 Å². The number of hydrogen-bond acceptors (Lipinski definition) is 3. The minimum Gasteiger partial charge on any atom is -0.210 e. The summed E-state index contributed by atoms with van der Waals surface area (Å²) >= 11 is 4.87. The van der Waals surface area contributed by atoms with Crippen molar-refractivity contribution in [3.8, 4) is 0 Å². The van der Waals surface area contributed by atoms with E-state index in [1.807, 2.05) is 13.2 Å². The second-order valence-electron chi connectivity index (χ2n) is 3.32. The smallest absolute Gasteiger partial charge is 0.210 e. The van der Waals surface area contributed by atoms with Crippen LogP contribution in [0.3, 0.4) is 0 Å². The Morgan fingerprint density at radius 3 is 2.69 bits per heavy atom. The molecule has 0 bridgehead atoms. The fraction of sp³-hybridized carbons (Fsp3) is 0.400. The predicted octanol–water partition coefficient (Wildman–Crippen LogP) is 2.40. The quantitative estimate of drug-likeness (QED) is 0.846. The Labute approximate surface area is 109 Å². The van der Waals surface area contributed by atoms with Gasteiger partial charge in [0.05, 0.1) is 4.90 Å². The van der Waals surface area contributed by atoms with Crippen molar-refractivity contribution >= 4 is 37.7 Å². The molecule has 1 aromatic rings. The molecule has 16 heavy (non-hydrogen) atoms. The van der Waals surface area contributed by atoms with Crippen LogP contribution in [0.15, 0.2) is 27.6 Å². The Balaban J connectivity index is 2.90. The monoisotopic (exact) mass is 323 g/mol. The molecule has 0 saturated carbocycles. The maximum atomic E-state index is 11.9. The molecule has 0 fully saturated rings. The topological polar surface area (TPSA) is 46.2 Å². The second kappa shape index (κ2) is 6.05. The minimum absolute atomic E-state index is 0.291. The van der Waals surface area contributed by atoms with Crippen molar-refractivity contribution in [2.24, 2.45) is 0 Å². The molecule has 90 valence electrons. The molecule has 0 saturated heterocycles. The lowest BCUT2D eigenvalue weighted by Crippen LogP contribution is -2.26. The summed E-state index contributed by atoms with van der Waals surface area (Å²) in [6.45, 7) is 2.37. The minimum atomic E-state index is -3.39. The maximum absolute atomic E-state index is 11.9. The van der Waals surface area contributed by atoms with Crippen molar-refractivity contribution in [1.82, 2.24) is 4.72 Å². The van der Waals surface area contributed by atoms with Gasteiger partial charge in [0, 0.05) is 16.8 Å². The lowest BCUT2D eigenvalue weighted by atomic mass is 10.2. The number of sulfonamides is 1. The summed E-state index contributed by atoms with van der Waals surface area (Å²) in [6.07, 6.45) is 1.94. The highest BCUT2D eigenvalue weighted by Gasteiger charge is 2.16. The Morgan fingerprint density at radius 1 is 1.44 bits per heavy atom. The third-order valence-corrected chi connectivity index (χ3v) is 5.03. The van der Waals surface area contributed by atoms with Gasteiger partial charge in [0.15, 0.2) is 0 Å². The van der Waals surface area contributed by atoms with Crippen LogP contribution in [-0.4, -0.2) is 27.0 Å². The Morgan fingerprint density at radius 2 is 2.12 bits per heavy atom. The molecule has 0 radical (unpaired) electrons. The summed E-state index contributed by atoms with van der Waals surface area (Å²) in [5.74, 6) is 0.767. The fourth-order valence-corrected chi connectivity index (χ4v) is 3.84. The SMILES string of the molecule is CSCCNS(=O)(=O)c1ccc(C)cc1Br. The van der Waals surface area contributed by atoms with E-state index in [2.05, 4.69) is 20.7 Å². The van der Waals surface area contributed by atoms with Crippen LogP contribution >= 0.6 is 27.7 Å². The molecule has 0 aromatic heterocycles. The molecule has 0 spiro atoms. The van der Waals surface area contributed by atoms with Gasteiger partial charge >= 0.3 is 0 Å². The van der Waals surface area contributed by atoms with E-state index in [-0.39, 0.29) is 0 Å². The van der Waals surface area contributed by atoms with E-state index in [0.717, 1.165) is 11.3 Å². The molecule has 0 unspecified atom stereocenters. The zero-order chi connectivity index (χ0) is 12.2. The van der Waals surface area contributed by atoms with Crippen LogP contribution in [0.1, 0.15) is 5.56 Å². The molecule has 1 N–H and O–H groups in total. The van der Waals surface area contributed by atoms with E-state index in [1.165, 1.54) is 0 Å². The molecule has 3 nitrogen and oxygen atoms in total. The number of aryl methyl sites for hydroxylation is 1. The average Bonchev–Trinajstić information content (AvgIpc) is 2.17. The lowest BCUT2D eigenvalue weighted by molar-refractivity contribution is 0.583. The molecule has 0 aliphatic carbocycles. The first-order valence-electron chi connectivity index (χ1n) is 4.72. The van der Waals surface area contributed by atoms with Gasteiger partial charge in [0.2, 0.25) is 10.0 Å². The normalized spacial score (nSPS) is 11.7. The van der Waals surface area contributed by atoms with Crippen LogP contribution in [0, 0.1) is 6.92 Å². The summed E-state index contributed by atoms with van der Waals surface area (Å²) in [5, 5.41) is 0. The first-order chi connectivity index (χ1) is 7.47. The Bertz CT molecular complexity index is 460. The zero-order valence-electron chi connectivity index (χ0n) is 9.16. The van der Waals surface area contributed by atoms with E-state index >= 15 is 0 Å². The molecule has 0 atom stereocenters. The van der Waals surface area contributed by atoms with Crippen LogP contribution in [0.25, 0.3) is 0 Å². The lowest BCUT2D eigenvalue weighted by Gasteiger charge is -2.08. The van der Waals surface area contributed by atoms with Crippen molar-refractivity contribution < 1.29 is 8.42 Å². The predicted molar refractivity (Wildman–Crippen MR) is 72.4 cm³/mol. The van der Waals surface area contributed by atoms with E-state index in [1.54, 1.807) is 30.0 Å². The van der Waals surface area contributed by atoms with Gasteiger partial charge in [-0.15, -0.1) is 0 Å². The highest BCUT2D eigenvalue weighted by molar-refractivity contribution is 9.10. The van der Waals surface area contributed by atoms with Crippen LogP contribution in [-0.2, 0) is 10.0 Å². The molecule has 0 amide bonds. The summed E-state index contributed by atoms with van der Waals surface area (Å²) in [4.78, 5) is 0.291. The van der Waals surface area contributed by atoms with Gasteiger partial charge in [-0.1, -0.05) is 6.07 Å². The van der Waals surface area contributed by atoms with Gasteiger partial charge in [0.1, 0.15) is 0 Å². The van der Waals surface area contributed by atoms with Gasteiger partial charge < -0.3 is 0 Å². The molecule has 1 aromatic carbocycles. The Hall–Kier alpha value is -0.0400. The molecular weight excluding hydrogens is 310 g/mol. The highest BCUT2D eigenvalue weighted by atomic mass is 79.9. The number of rotatable bonds is 5. The van der Waals surface area contributed by atoms with Gasteiger partial charge in [-0.2, -0.15) is 11.8 Å². The molecule has 6 heteroatoms. The van der Waals surface area contributed by atoms with Crippen LogP contribution in [0.5, 0.6) is 0 Å². The van der Waals surface area contributed by atoms with Crippen molar-refractivity contribution in [2.45, 2.75) is 11.8 Å². The summed E-state index contributed by atoms with van der Waals surface area (Å²) in [5.41, 5.74) is 1.02. The third kappa shape index (κ3) is 3.76. The maximum Gasteiger partial charge on any atom is 0.241 e. The molecule has 0 aliphatic rings. The molecular formula is C10H14BrNO2S2. The standard InChI is InChI=1S/C10H14BrNO2S2/c1-8-3-4-10(9(11)7-8)16(13,14)12-5-6-15-2/h3-4,7,12H,5-6H2,1-2H3. The van der Waals surface area contributed by atoms with Crippen molar-refractivity contribution in [3.63, 3.8) is 0 Å². The van der Waals surface area contributed by atoms with E-state index in [0.29, 0.717) is 15.9 Å². The van der Waals surface area contributed by atoms with Crippen molar-refractivity contribution in [1.29, 1.82) is 0 Å². The summed E-state index contributed by atoms with van der Waals surface area (Å²) in [7, 11) is -3.39. The van der Waals surface area contributed by atoms with Crippen LogP contribution < -0.4 is 4.72 Å². The highest BCUT2D eigenvalue weighted by Crippen LogP contribution is 2.22. The Kier molecular flexibility index (Phi) is 5.30. The van der Waals surface area contributed by atoms with E-state index in [9.17, 15) is 8.42 Å². The van der Waals surface area contributed by atoms with Crippen molar-refractivity contribution in [2.75, 3.05) is 18.6 Å². The van der Waals surface area contributed by atoms with Crippen LogP contribution in [0.2, 0.25) is 0 Å². The van der Waals surface area contributed by atoms with Gasteiger partial charge in [0.25, 0.3) is 0 Å². The number of thioether (sulfide) groups is 1. The third-order valence-electron chi connectivity index (χ3n) is 1.98. The molecule has 0 heterocycles. The van der Waals surface area contributed by atoms with E-state index in [4.69, 9.17) is 0 Å². The first-order valence-corrected chi connectivity index (χ1v) is 8.39. The average molecular weight is 324 g/mol. The molecule has 1 rings (SSSR count). The molecule has 0 aliphatic heterocycles. The van der Waals surface area contributed by atoms with Gasteiger partial charge in [-0.25, -0.2) is 13.1 Å². The number of nitrogens with one attached hydrogen (secondary N) is 1. The van der Waals surface area contributed by atoms with Gasteiger partial charge in [-0.05, 0) is 46.8 Å². The second-order valence-corrected chi connectivity index (χ2v) is 6.90. The first kappa shape index (κ1) is 14.0. The number of benzene rings is 1. The number of hydrogen-bond donors (Lipinski definition) is 1. The summed E-state index contributed by atoms with van der Waals surface area (Å²) < 4.78 is 26.9.